The molecule has 1 N–H and O–H groups in total. The third-order valence-corrected chi connectivity index (χ3v) is 2.54. The molecule has 0 aromatic carbocycles. The topological polar surface area (TPSA) is 12.0 Å². The molecule has 0 aliphatic heterocycles. The van der Waals surface area contributed by atoms with E-state index in [4.69, 9.17) is 0 Å². The fraction of sp³-hybridized carbons (Fsp3) is 0.833. The monoisotopic (exact) mass is 183 g/mol. The molecule has 13 heavy (non-hydrogen) atoms. The van der Waals surface area contributed by atoms with Crippen LogP contribution in [0.25, 0.3) is 0 Å². The van der Waals surface area contributed by atoms with Crippen molar-refractivity contribution >= 4 is 0 Å². The van der Waals surface area contributed by atoms with Crippen LogP contribution in [-0.4, -0.2) is 13.1 Å². The van der Waals surface area contributed by atoms with Crippen LogP contribution in [0.5, 0.6) is 0 Å². The highest BCUT2D eigenvalue weighted by Crippen LogP contribution is 2.10. The van der Waals surface area contributed by atoms with E-state index in [1.807, 2.05) is 7.05 Å². The van der Waals surface area contributed by atoms with Gasteiger partial charge in [0.1, 0.15) is 0 Å². The summed E-state index contributed by atoms with van der Waals surface area (Å²) < 4.78 is 0. The Morgan fingerprint density at radius 2 is 1.85 bits per heavy atom. The Morgan fingerprint density at radius 1 is 1.23 bits per heavy atom. The van der Waals surface area contributed by atoms with E-state index in [2.05, 4.69) is 25.7 Å². The highest BCUT2D eigenvalue weighted by atomic mass is 14.9. The van der Waals surface area contributed by atoms with Gasteiger partial charge in [-0.1, -0.05) is 51.2 Å². The van der Waals surface area contributed by atoms with Crippen molar-refractivity contribution in [2.24, 2.45) is 0 Å². The van der Waals surface area contributed by atoms with Crippen LogP contribution in [0.1, 0.15) is 52.4 Å². The van der Waals surface area contributed by atoms with Crippen molar-refractivity contribution in [3.63, 3.8) is 0 Å². The predicted molar refractivity (Wildman–Crippen MR) is 61.0 cm³/mol. The molecule has 0 aromatic rings. The highest BCUT2D eigenvalue weighted by molar-refractivity contribution is 5.00. The Hall–Kier alpha value is -0.300. The van der Waals surface area contributed by atoms with E-state index in [0.29, 0.717) is 6.04 Å². The van der Waals surface area contributed by atoms with Gasteiger partial charge in [0.2, 0.25) is 0 Å². The quantitative estimate of drug-likeness (QED) is 0.448. The van der Waals surface area contributed by atoms with E-state index in [1.54, 1.807) is 0 Å². The van der Waals surface area contributed by atoms with Crippen LogP contribution < -0.4 is 5.32 Å². The fourth-order valence-corrected chi connectivity index (χ4v) is 1.59. The number of likely N-dealkylation sites (N-methyl/N-ethyl adjacent to an activating group) is 1. The molecule has 1 heteroatoms. The van der Waals surface area contributed by atoms with Gasteiger partial charge in [-0.2, -0.15) is 0 Å². The van der Waals surface area contributed by atoms with Gasteiger partial charge >= 0.3 is 0 Å². The van der Waals surface area contributed by atoms with Crippen LogP contribution in [0.3, 0.4) is 0 Å². The number of rotatable bonds is 8. The summed E-state index contributed by atoms with van der Waals surface area (Å²) in [7, 11) is 2.02. The maximum Gasteiger partial charge on any atom is 0.0271 e. The van der Waals surface area contributed by atoms with Crippen LogP contribution in [0.15, 0.2) is 12.2 Å². The molecule has 0 heterocycles. The zero-order valence-electron chi connectivity index (χ0n) is 9.53. The highest BCUT2D eigenvalue weighted by Gasteiger charge is 2.04. The Bertz CT molecular complexity index is 129. The molecule has 0 saturated heterocycles. The van der Waals surface area contributed by atoms with Crippen molar-refractivity contribution in [3.8, 4) is 0 Å². The third kappa shape index (κ3) is 6.83. The molecule has 0 saturated carbocycles. The van der Waals surface area contributed by atoms with Crippen LogP contribution in [0, 0.1) is 0 Å². The van der Waals surface area contributed by atoms with E-state index in [-0.39, 0.29) is 0 Å². The van der Waals surface area contributed by atoms with Gasteiger partial charge in [0.25, 0.3) is 0 Å². The molecular weight excluding hydrogens is 158 g/mol. The summed E-state index contributed by atoms with van der Waals surface area (Å²) in [5.41, 5.74) is 1.26. The van der Waals surface area contributed by atoms with Crippen LogP contribution in [-0.2, 0) is 0 Å². The van der Waals surface area contributed by atoms with Crippen molar-refractivity contribution in [2.45, 2.75) is 58.4 Å². The van der Waals surface area contributed by atoms with Crippen molar-refractivity contribution in [2.75, 3.05) is 7.05 Å². The van der Waals surface area contributed by atoms with E-state index >= 15 is 0 Å². The van der Waals surface area contributed by atoms with Crippen LogP contribution in [0.2, 0.25) is 0 Å². The zero-order chi connectivity index (χ0) is 10.1. The molecule has 0 rings (SSSR count). The fourth-order valence-electron chi connectivity index (χ4n) is 1.59. The Labute approximate surface area is 83.6 Å². The normalized spacial score (nSPS) is 12.8. The van der Waals surface area contributed by atoms with E-state index in [9.17, 15) is 0 Å². The average molecular weight is 183 g/mol. The van der Waals surface area contributed by atoms with Crippen molar-refractivity contribution < 1.29 is 0 Å². The lowest BCUT2D eigenvalue weighted by molar-refractivity contribution is 0.528. The number of hydrogen-bond donors (Lipinski definition) is 1. The molecule has 0 fully saturated rings. The van der Waals surface area contributed by atoms with Crippen LogP contribution in [0.4, 0.5) is 0 Å². The Balaban J connectivity index is 3.33. The molecule has 0 amide bonds. The summed E-state index contributed by atoms with van der Waals surface area (Å²) in [5.74, 6) is 0. The standard InChI is InChI=1S/C12H25N/c1-5-6-7-8-9-10-12(13-4)11(2)3/h12-13H,2,5-10H2,1,3-4H3. The SMILES string of the molecule is C=C(C)C(CCCCCCC)NC. The van der Waals surface area contributed by atoms with Crippen molar-refractivity contribution in [3.05, 3.63) is 12.2 Å². The second kappa shape index (κ2) is 8.31. The average Bonchev–Trinajstić information content (AvgIpc) is 2.10. The summed E-state index contributed by atoms with van der Waals surface area (Å²) in [4.78, 5) is 0. The molecular formula is C12H25N. The van der Waals surface area contributed by atoms with Crippen molar-refractivity contribution in [1.29, 1.82) is 0 Å². The van der Waals surface area contributed by atoms with Gasteiger partial charge in [0.05, 0.1) is 0 Å². The van der Waals surface area contributed by atoms with Gasteiger partial charge in [-0.05, 0) is 20.4 Å². The molecule has 0 aliphatic carbocycles. The molecule has 0 aliphatic rings. The smallest absolute Gasteiger partial charge is 0.0271 e. The van der Waals surface area contributed by atoms with Gasteiger partial charge in [0.15, 0.2) is 0 Å². The van der Waals surface area contributed by atoms with Gasteiger partial charge in [-0.25, -0.2) is 0 Å². The van der Waals surface area contributed by atoms with Gasteiger partial charge in [-0.3, -0.25) is 0 Å². The molecule has 78 valence electrons. The minimum Gasteiger partial charge on any atom is -0.313 e. The molecule has 1 nitrogen and oxygen atoms in total. The predicted octanol–water partition coefficient (Wildman–Crippen LogP) is 3.51. The van der Waals surface area contributed by atoms with Crippen LogP contribution >= 0.6 is 0 Å². The molecule has 0 bridgehead atoms. The lowest BCUT2D eigenvalue weighted by atomic mass is 10.0. The number of unbranched alkanes of at least 4 members (excludes halogenated alkanes) is 4. The van der Waals surface area contributed by atoms with E-state index < -0.39 is 0 Å². The van der Waals surface area contributed by atoms with Gasteiger partial charge < -0.3 is 5.32 Å². The van der Waals surface area contributed by atoms with Crippen molar-refractivity contribution in [1.82, 2.24) is 5.32 Å². The lowest BCUT2D eigenvalue weighted by Gasteiger charge is -2.15. The first-order valence-electron chi connectivity index (χ1n) is 5.55. The molecule has 0 spiro atoms. The summed E-state index contributed by atoms with van der Waals surface area (Å²) >= 11 is 0. The molecule has 0 aromatic heterocycles. The van der Waals surface area contributed by atoms with E-state index in [1.165, 1.54) is 44.1 Å². The number of nitrogens with one attached hydrogen (secondary N) is 1. The maximum atomic E-state index is 3.98. The van der Waals surface area contributed by atoms with Gasteiger partial charge in [-0.15, -0.1) is 0 Å². The maximum absolute atomic E-state index is 3.98. The molecule has 0 radical (unpaired) electrons. The summed E-state index contributed by atoms with van der Waals surface area (Å²) in [5, 5.41) is 3.29. The number of hydrogen-bond acceptors (Lipinski definition) is 1. The second-order valence-corrected chi connectivity index (χ2v) is 3.89. The summed E-state index contributed by atoms with van der Waals surface area (Å²) in [6.07, 6.45) is 8.06. The zero-order valence-corrected chi connectivity index (χ0v) is 9.53. The first kappa shape index (κ1) is 12.7. The minimum absolute atomic E-state index is 0.529. The Kier molecular flexibility index (Phi) is 8.11. The lowest BCUT2D eigenvalue weighted by Crippen LogP contribution is -2.25. The Morgan fingerprint density at radius 3 is 2.31 bits per heavy atom. The summed E-state index contributed by atoms with van der Waals surface area (Å²) in [6.45, 7) is 8.34. The minimum atomic E-state index is 0.529. The molecule has 1 atom stereocenters. The van der Waals surface area contributed by atoms with E-state index in [0.717, 1.165) is 0 Å². The summed E-state index contributed by atoms with van der Waals surface area (Å²) in [6, 6.07) is 0.529. The largest absolute Gasteiger partial charge is 0.313 e. The second-order valence-electron chi connectivity index (χ2n) is 3.89. The first-order valence-corrected chi connectivity index (χ1v) is 5.55. The third-order valence-electron chi connectivity index (χ3n) is 2.54. The first-order chi connectivity index (χ1) is 6.22. The molecule has 1 unspecified atom stereocenters. The van der Waals surface area contributed by atoms with Gasteiger partial charge in [0, 0.05) is 6.04 Å².